The molecule has 0 aliphatic heterocycles. The lowest BCUT2D eigenvalue weighted by molar-refractivity contribution is -0.137. The fourth-order valence-corrected chi connectivity index (χ4v) is 1.61. The highest BCUT2D eigenvalue weighted by Gasteiger charge is 2.29. The van der Waals surface area contributed by atoms with Crippen molar-refractivity contribution in [3.63, 3.8) is 0 Å². The molecule has 0 saturated heterocycles. The molecule has 0 fully saturated rings. The molecule has 0 spiro atoms. The zero-order chi connectivity index (χ0) is 14.6. The van der Waals surface area contributed by atoms with Crippen molar-refractivity contribution in [3.8, 4) is 0 Å². The third-order valence-corrected chi connectivity index (χ3v) is 2.63. The molecule has 1 aromatic carbocycles. The molecule has 0 heterocycles. The lowest BCUT2D eigenvalue weighted by atomic mass is 10.0. The van der Waals surface area contributed by atoms with E-state index in [0.717, 1.165) is 17.7 Å². The van der Waals surface area contributed by atoms with Crippen LogP contribution in [0.1, 0.15) is 25.0 Å². The van der Waals surface area contributed by atoms with Crippen LogP contribution in [0.4, 0.5) is 13.2 Å². The molecule has 3 N–H and O–H groups in total. The minimum Gasteiger partial charge on any atom is -0.352 e. The SMILES string of the molecule is CC(Cc1ccc(C(F)(F)F)cc1)NC(=O)[C@H](C)N.Cl. The maximum atomic E-state index is 12.4. The lowest BCUT2D eigenvalue weighted by Gasteiger charge is -2.16. The molecule has 3 nitrogen and oxygen atoms in total. The van der Waals surface area contributed by atoms with Gasteiger partial charge in [0.25, 0.3) is 0 Å². The third-order valence-electron chi connectivity index (χ3n) is 2.63. The summed E-state index contributed by atoms with van der Waals surface area (Å²) in [4.78, 5) is 11.3. The molecule has 1 amide bonds. The van der Waals surface area contributed by atoms with Crippen LogP contribution < -0.4 is 11.1 Å². The van der Waals surface area contributed by atoms with Crippen molar-refractivity contribution in [1.82, 2.24) is 5.32 Å². The van der Waals surface area contributed by atoms with Gasteiger partial charge >= 0.3 is 6.18 Å². The number of amides is 1. The van der Waals surface area contributed by atoms with Crippen LogP contribution in [0.5, 0.6) is 0 Å². The Morgan fingerprint density at radius 3 is 2.15 bits per heavy atom. The molecule has 0 radical (unpaired) electrons. The Kier molecular flexibility index (Phi) is 7.02. The number of halogens is 4. The van der Waals surface area contributed by atoms with Gasteiger partial charge < -0.3 is 11.1 Å². The van der Waals surface area contributed by atoms with Gasteiger partial charge in [0.05, 0.1) is 11.6 Å². The first-order valence-corrected chi connectivity index (χ1v) is 5.92. The normalized spacial score (nSPS) is 14.1. The second kappa shape index (κ2) is 7.50. The van der Waals surface area contributed by atoms with Gasteiger partial charge in [0.15, 0.2) is 0 Å². The molecule has 1 aromatic rings. The van der Waals surface area contributed by atoms with Gasteiger partial charge in [-0.3, -0.25) is 4.79 Å². The summed E-state index contributed by atoms with van der Waals surface area (Å²) in [7, 11) is 0. The minimum atomic E-state index is -4.33. The Hall–Kier alpha value is -1.27. The van der Waals surface area contributed by atoms with Gasteiger partial charge in [0, 0.05) is 6.04 Å². The van der Waals surface area contributed by atoms with Crippen molar-refractivity contribution in [2.45, 2.75) is 38.5 Å². The van der Waals surface area contributed by atoms with Crippen LogP contribution in [0.25, 0.3) is 0 Å². The predicted octanol–water partition coefficient (Wildman–Crippen LogP) is 2.52. The fourth-order valence-electron chi connectivity index (χ4n) is 1.61. The standard InChI is InChI=1S/C13H17F3N2O.ClH/c1-8(18-12(19)9(2)17)7-10-3-5-11(6-4-10)13(14,15)16;/h3-6,8-9H,7,17H2,1-2H3,(H,18,19);1H/t8?,9-;/m0./s1. The van der Waals surface area contributed by atoms with E-state index < -0.39 is 17.8 Å². The van der Waals surface area contributed by atoms with E-state index in [1.54, 1.807) is 13.8 Å². The summed E-state index contributed by atoms with van der Waals surface area (Å²) < 4.78 is 37.1. The van der Waals surface area contributed by atoms with Crippen LogP contribution in [-0.2, 0) is 17.4 Å². The van der Waals surface area contributed by atoms with Gasteiger partial charge in [-0.05, 0) is 38.0 Å². The van der Waals surface area contributed by atoms with Gasteiger partial charge in [0.2, 0.25) is 5.91 Å². The molecular formula is C13H18ClF3N2O. The summed E-state index contributed by atoms with van der Waals surface area (Å²) in [6.07, 6.45) is -3.87. The Labute approximate surface area is 122 Å². The first-order chi connectivity index (χ1) is 8.70. The number of alkyl halides is 3. The van der Waals surface area contributed by atoms with E-state index in [-0.39, 0.29) is 24.4 Å². The summed E-state index contributed by atoms with van der Waals surface area (Å²) in [5.74, 6) is -0.278. The van der Waals surface area contributed by atoms with Crippen LogP contribution in [-0.4, -0.2) is 18.0 Å². The van der Waals surface area contributed by atoms with Crippen LogP contribution in [0, 0.1) is 0 Å². The van der Waals surface area contributed by atoms with Gasteiger partial charge in [-0.1, -0.05) is 12.1 Å². The molecule has 7 heteroatoms. The lowest BCUT2D eigenvalue weighted by Crippen LogP contribution is -2.43. The molecular weight excluding hydrogens is 293 g/mol. The van der Waals surface area contributed by atoms with Crippen LogP contribution >= 0.6 is 12.4 Å². The van der Waals surface area contributed by atoms with Crippen molar-refractivity contribution in [1.29, 1.82) is 0 Å². The summed E-state index contributed by atoms with van der Waals surface area (Å²) in [5.41, 5.74) is 5.46. The number of carbonyl (C=O) groups is 1. The highest BCUT2D eigenvalue weighted by atomic mass is 35.5. The quantitative estimate of drug-likeness (QED) is 0.898. The Bertz CT molecular complexity index is 432. The highest BCUT2D eigenvalue weighted by Crippen LogP contribution is 2.29. The molecule has 0 bridgehead atoms. The van der Waals surface area contributed by atoms with E-state index in [2.05, 4.69) is 5.32 Å². The highest BCUT2D eigenvalue weighted by molar-refractivity contribution is 5.85. The molecule has 0 aliphatic rings. The molecule has 2 atom stereocenters. The number of benzene rings is 1. The smallest absolute Gasteiger partial charge is 0.352 e. The first-order valence-electron chi connectivity index (χ1n) is 5.92. The van der Waals surface area contributed by atoms with Crippen molar-refractivity contribution in [2.24, 2.45) is 5.73 Å². The van der Waals surface area contributed by atoms with Crippen molar-refractivity contribution < 1.29 is 18.0 Å². The second-order valence-electron chi connectivity index (χ2n) is 4.60. The molecule has 0 aliphatic carbocycles. The van der Waals surface area contributed by atoms with Gasteiger partial charge in [-0.2, -0.15) is 13.2 Å². The molecule has 0 aromatic heterocycles. The average Bonchev–Trinajstić information content (AvgIpc) is 2.28. The summed E-state index contributed by atoms with van der Waals surface area (Å²) in [6.45, 7) is 3.35. The fraction of sp³-hybridized carbons (Fsp3) is 0.462. The van der Waals surface area contributed by atoms with Crippen LogP contribution in [0.3, 0.4) is 0 Å². The Morgan fingerprint density at radius 1 is 1.25 bits per heavy atom. The number of rotatable bonds is 4. The van der Waals surface area contributed by atoms with Crippen molar-refractivity contribution >= 4 is 18.3 Å². The maximum absolute atomic E-state index is 12.4. The van der Waals surface area contributed by atoms with E-state index >= 15 is 0 Å². The Balaban J connectivity index is 0.00000361. The number of hydrogen-bond acceptors (Lipinski definition) is 2. The van der Waals surface area contributed by atoms with E-state index in [9.17, 15) is 18.0 Å². The molecule has 1 rings (SSSR count). The van der Waals surface area contributed by atoms with E-state index in [0.29, 0.717) is 6.42 Å². The molecule has 20 heavy (non-hydrogen) atoms. The van der Waals surface area contributed by atoms with E-state index in [1.165, 1.54) is 12.1 Å². The van der Waals surface area contributed by atoms with Gasteiger partial charge in [-0.15, -0.1) is 12.4 Å². The summed E-state index contributed by atoms with van der Waals surface area (Å²) in [5, 5.41) is 2.69. The van der Waals surface area contributed by atoms with Crippen molar-refractivity contribution in [2.75, 3.05) is 0 Å². The van der Waals surface area contributed by atoms with E-state index in [4.69, 9.17) is 5.73 Å². The van der Waals surface area contributed by atoms with Crippen molar-refractivity contribution in [3.05, 3.63) is 35.4 Å². The van der Waals surface area contributed by atoms with Crippen LogP contribution in [0.2, 0.25) is 0 Å². The molecule has 1 unspecified atom stereocenters. The summed E-state index contributed by atoms with van der Waals surface area (Å²) >= 11 is 0. The largest absolute Gasteiger partial charge is 0.416 e. The number of carbonyl (C=O) groups excluding carboxylic acids is 1. The van der Waals surface area contributed by atoms with Crippen LogP contribution in [0.15, 0.2) is 24.3 Å². The zero-order valence-electron chi connectivity index (χ0n) is 11.2. The average molecular weight is 311 g/mol. The Morgan fingerprint density at radius 2 is 1.75 bits per heavy atom. The predicted molar refractivity (Wildman–Crippen MR) is 73.7 cm³/mol. The molecule has 114 valence electrons. The number of nitrogens with two attached hydrogens (primary N) is 1. The third kappa shape index (κ3) is 5.79. The minimum absolute atomic E-state index is 0. The van der Waals surface area contributed by atoms with Gasteiger partial charge in [-0.25, -0.2) is 0 Å². The number of nitrogens with one attached hydrogen (secondary N) is 1. The topological polar surface area (TPSA) is 55.1 Å². The maximum Gasteiger partial charge on any atom is 0.416 e. The molecule has 0 saturated carbocycles. The first kappa shape index (κ1) is 18.7. The van der Waals surface area contributed by atoms with Gasteiger partial charge in [0.1, 0.15) is 0 Å². The summed E-state index contributed by atoms with van der Waals surface area (Å²) in [6, 6.07) is 4.12. The van der Waals surface area contributed by atoms with E-state index in [1.807, 2.05) is 0 Å². The monoisotopic (exact) mass is 310 g/mol. The second-order valence-corrected chi connectivity index (χ2v) is 4.60. The zero-order valence-corrected chi connectivity index (χ0v) is 12.0. The number of hydrogen-bond donors (Lipinski definition) is 2.